The number of hydrogen-bond donors (Lipinski definition) is 3. The lowest BCUT2D eigenvalue weighted by Crippen LogP contribution is -2.19. The van der Waals surface area contributed by atoms with Crippen LogP contribution < -0.4 is 0 Å². The number of nitrogens with one attached hydrogen (secondary N) is 1. The zero-order valence-corrected chi connectivity index (χ0v) is 8.39. The number of nitro groups is 1. The van der Waals surface area contributed by atoms with Crippen LogP contribution in [0.2, 0.25) is 0 Å². The fourth-order valence-corrected chi connectivity index (χ4v) is 1.25. The molecule has 0 aromatic carbocycles. The van der Waals surface area contributed by atoms with Crippen LogP contribution in [0.1, 0.15) is 18.3 Å². The number of halogens is 1. The number of nitrogens with zero attached hydrogens (tertiary/aromatic N) is 2. The first kappa shape index (κ1) is 11.9. The quantitative estimate of drug-likeness (QED) is 0.387. The Balaban J connectivity index is 2.73. The topological polar surface area (TPSA) is 112 Å². The van der Waals surface area contributed by atoms with E-state index in [9.17, 15) is 20.3 Å². The number of rotatable bonds is 5. The van der Waals surface area contributed by atoms with Gasteiger partial charge in [-0.15, -0.1) is 11.6 Å². The molecule has 7 nitrogen and oxygen atoms in total. The van der Waals surface area contributed by atoms with Gasteiger partial charge in [0, 0.05) is 5.88 Å². The Bertz CT molecular complexity index is 343. The molecule has 0 radical (unpaired) electrons. The molecule has 3 N–H and O–H groups in total. The van der Waals surface area contributed by atoms with Gasteiger partial charge in [0.25, 0.3) is 0 Å². The standard InChI is InChI=1S/C7H10ClN3O4/c8-2-1-4(12)6(13)7-9-3-5(10-7)11(14)15/h3-4,6,12-13H,1-2H2,(H,9,10). The van der Waals surface area contributed by atoms with Crippen LogP contribution in [0.3, 0.4) is 0 Å². The van der Waals surface area contributed by atoms with Crippen LogP contribution in [-0.4, -0.2) is 37.1 Å². The molecular formula is C7H10ClN3O4. The monoisotopic (exact) mass is 235 g/mol. The molecule has 0 fully saturated rings. The Morgan fingerprint density at radius 1 is 1.67 bits per heavy atom. The second-order valence-electron chi connectivity index (χ2n) is 2.90. The Kier molecular flexibility index (Phi) is 4.01. The Hall–Kier alpha value is -1.18. The molecule has 1 aromatic rings. The predicted octanol–water partition coefficient (Wildman–Crippen LogP) is 0.341. The molecule has 2 unspecified atom stereocenters. The Labute approximate surface area is 89.9 Å². The summed E-state index contributed by atoms with van der Waals surface area (Å²) in [5, 5.41) is 29.1. The Morgan fingerprint density at radius 2 is 2.33 bits per heavy atom. The largest absolute Gasteiger partial charge is 0.390 e. The fraction of sp³-hybridized carbons (Fsp3) is 0.571. The number of imidazole rings is 1. The molecule has 0 aliphatic carbocycles. The molecule has 1 aromatic heterocycles. The molecule has 15 heavy (non-hydrogen) atoms. The van der Waals surface area contributed by atoms with Gasteiger partial charge in [-0.3, -0.25) is 0 Å². The van der Waals surface area contributed by atoms with E-state index in [4.69, 9.17) is 11.6 Å². The number of alkyl halides is 1. The molecule has 0 bridgehead atoms. The zero-order valence-electron chi connectivity index (χ0n) is 7.63. The molecule has 0 saturated heterocycles. The van der Waals surface area contributed by atoms with Gasteiger partial charge < -0.3 is 20.3 Å². The molecule has 0 aliphatic rings. The van der Waals surface area contributed by atoms with Crippen molar-refractivity contribution in [1.82, 2.24) is 9.97 Å². The molecule has 8 heteroatoms. The summed E-state index contributed by atoms with van der Waals surface area (Å²) in [7, 11) is 0. The average molecular weight is 236 g/mol. The molecule has 0 spiro atoms. The number of aliphatic hydroxyl groups is 2. The van der Waals surface area contributed by atoms with E-state index < -0.39 is 17.1 Å². The van der Waals surface area contributed by atoms with Crippen LogP contribution in [0.4, 0.5) is 5.82 Å². The van der Waals surface area contributed by atoms with Gasteiger partial charge in [-0.2, -0.15) is 0 Å². The normalized spacial score (nSPS) is 14.9. The Morgan fingerprint density at radius 3 is 2.80 bits per heavy atom. The van der Waals surface area contributed by atoms with Crippen LogP contribution in [0.25, 0.3) is 0 Å². The first-order chi connectivity index (χ1) is 7.06. The van der Waals surface area contributed by atoms with Gasteiger partial charge in [0.05, 0.1) is 6.10 Å². The summed E-state index contributed by atoms with van der Waals surface area (Å²) in [6.45, 7) is 0. The molecule has 0 saturated carbocycles. The maximum atomic E-state index is 10.3. The average Bonchev–Trinajstić information content (AvgIpc) is 2.65. The maximum Gasteiger partial charge on any atom is 0.340 e. The van der Waals surface area contributed by atoms with Crippen molar-refractivity contribution in [2.75, 3.05) is 5.88 Å². The van der Waals surface area contributed by atoms with Crippen molar-refractivity contribution >= 4 is 17.4 Å². The van der Waals surface area contributed by atoms with Crippen molar-refractivity contribution in [2.24, 2.45) is 0 Å². The first-order valence-corrected chi connectivity index (χ1v) is 4.71. The minimum atomic E-state index is -1.29. The van der Waals surface area contributed by atoms with Crippen molar-refractivity contribution in [3.63, 3.8) is 0 Å². The van der Waals surface area contributed by atoms with Crippen molar-refractivity contribution in [3.05, 3.63) is 22.1 Å². The van der Waals surface area contributed by atoms with Gasteiger partial charge in [0.15, 0.2) is 6.10 Å². The third-order valence-corrected chi connectivity index (χ3v) is 2.05. The summed E-state index contributed by atoms with van der Waals surface area (Å²) >= 11 is 5.37. The minimum Gasteiger partial charge on any atom is -0.390 e. The van der Waals surface area contributed by atoms with Crippen LogP contribution in [-0.2, 0) is 0 Å². The van der Waals surface area contributed by atoms with E-state index in [1.54, 1.807) is 0 Å². The molecule has 1 rings (SSSR count). The summed E-state index contributed by atoms with van der Waals surface area (Å²) in [4.78, 5) is 15.5. The molecule has 1 heterocycles. The molecule has 0 aliphatic heterocycles. The van der Waals surface area contributed by atoms with Gasteiger partial charge in [0.2, 0.25) is 5.82 Å². The van der Waals surface area contributed by atoms with Crippen LogP contribution in [0, 0.1) is 10.1 Å². The molecule has 2 atom stereocenters. The number of aliphatic hydroxyl groups excluding tert-OH is 2. The lowest BCUT2D eigenvalue weighted by atomic mass is 10.1. The second-order valence-corrected chi connectivity index (χ2v) is 3.28. The van der Waals surface area contributed by atoms with E-state index in [1.807, 2.05) is 0 Å². The maximum absolute atomic E-state index is 10.3. The van der Waals surface area contributed by atoms with E-state index in [0.717, 1.165) is 6.20 Å². The zero-order chi connectivity index (χ0) is 11.4. The van der Waals surface area contributed by atoms with E-state index >= 15 is 0 Å². The van der Waals surface area contributed by atoms with Crippen LogP contribution in [0.5, 0.6) is 0 Å². The van der Waals surface area contributed by atoms with Gasteiger partial charge in [-0.05, 0) is 11.3 Å². The molecule has 0 amide bonds. The number of H-pyrrole nitrogens is 1. The highest BCUT2D eigenvalue weighted by molar-refractivity contribution is 6.17. The summed E-state index contributed by atoms with van der Waals surface area (Å²) in [6.07, 6.45) is -1.23. The predicted molar refractivity (Wildman–Crippen MR) is 51.5 cm³/mol. The van der Waals surface area contributed by atoms with E-state index in [-0.39, 0.29) is 23.9 Å². The van der Waals surface area contributed by atoms with Gasteiger partial charge in [0.1, 0.15) is 6.20 Å². The van der Waals surface area contributed by atoms with Gasteiger partial charge >= 0.3 is 5.82 Å². The van der Waals surface area contributed by atoms with E-state index in [2.05, 4.69) is 9.97 Å². The lowest BCUT2D eigenvalue weighted by molar-refractivity contribution is -0.389. The smallest absolute Gasteiger partial charge is 0.340 e. The van der Waals surface area contributed by atoms with Crippen molar-refractivity contribution < 1.29 is 15.1 Å². The van der Waals surface area contributed by atoms with Crippen molar-refractivity contribution in [2.45, 2.75) is 18.6 Å². The van der Waals surface area contributed by atoms with Gasteiger partial charge in [-0.25, -0.2) is 9.97 Å². The number of hydrogen-bond acceptors (Lipinski definition) is 5. The summed E-state index contributed by atoms with van der Waals surface area (Å²) in [6, 6.07) is 0. The van der Waals surface area contributed by atoms with Crippen LogP contribution in [0.15, 0.2) is 6.20 Å². The fourth-order valence-electron chi connectivity index (χ4n) is 1.02. The summed E-state index contributed by atoms with van der Waals surface area (Å²) in [5.41, 5.74) is 0. The summed E-state index contributed by atoms with van der Waals surface area (Å²) in [5.74, 6) is -0.192. The minimum absolute atomic E-state index is 0.0423. The van der Waals surface area contributed by atoms with Crippen molar-refractivity contribution in [3.8, 4) is 0 Å². The highest BCUT2D eigenvalue weighted by Gasteiger charge is 2.24. The highest BCUT2D eigenvalue weighted by Crippen LogP contribution is 2.18. The van der Waals surface area contributed by atoms with Gasteiger partial charge in [-0.1, -0.05) is 0 Å². The third kappa shape index (κ3) is 2.88. The first-order valence-electron chi connectivity index (χ1n) is 4.17. The van der Waals surface area contributed by atoms with E-state index in [0.29, 0.717) is 0 Å². The third-order valence-electron chi connectivity index (χ3n) is 1.83. The van der Waals surface area contributed by atoms with Crippen LogP contribution >= 0.6 is 11.6 Å². The molecule has 84 valence electrons. The van der Waals surface area contributed by atoms with E-state index in [1.165, 1.54) is 0 Å². The summed E-state index contributed by atoms with van der Waals surface area (Å²) < 4.78 is 0. The van der Waals surface area contributed by atoms with Crippen molar-refractivity contribution in [1.29, 1.82) is 0 Å². The lowest BCUT2D eigenvalue weighted by Gasteiger charge is -2.11. The molecular weight excluding hydrogens is 226 g/mol. The number of aromatic amines is 1. The highest BCUT2D eigenvalue weighted by atomic mass is 35.5. The second kappa shape index (κ2) is 5.06. The number of aromatic nitrogens is 2. The SMILES string of the molecule is O=[N+]([O-])c1cnc(C(O)C(O)CCCl)[nH]1.